The minimum absolute atomic E-state index is 0.368. The molecule has 0 amide bonds. The van der Waals surface area contributed by atoms with Gasteiger partial charge in [-0.1, -0.05) is 6.07 Å². The fraction of sp³-hybridized carbons (Fsp3) is 0.385. The van der Waals surface area contributed by atoms with Crippen LogP contribution in [0, 0.1) is 0 Å². The standard InChI is InChI=1S/C13H17NO4/c1-9(15)17-12-5-4-11(6-7-14-3)13(8-12)18-10(2)16/h4-5,8,14H,6-7H2,1-3H3. The molecule has 0 spiro atoms. The second-order valence-electron chi connectivity index (χ2n) is 3.81. The Hall–Kier alpha value is -1.88. The van der Waals surface area contributed by atoms with Crippen molar-refractivity contribution in [2.45, 2.75) is 20.3 Å². The maximum absolute atomic E-state index is 11.0. The summed E-state index contributed by atoms with van der Waals surface area (Å²) < 4.78 is 10.1. The van der Waals surface area contributed by atoms with E-state index in [9.17, 15) is 9.59 Å². The zero-order valence-electron chi connectivity index (χ0n) is 10.8. The summed E-state index contributed by atoms with van der Waals surface area (Å²) in [7, 11) is 1.85. The quantitative estimate of drug-likeness (QED) is 0.631. The highest BCUT2D eigenvalue weighted by Gasteiger charge is 2.09. The van der Waals surface area contributed by atoms with Crippen molar-refractivity contribution in [3.63, 3.8) is 0 Å². The molecule has 0 saturated carbocycles. The fourth-order valence-corrected chi connectivity index (χ4v) is 1.48. The Morgan fingerprint density at radius 2 is 1.83 bits per heavy atom. The van der Waals surface area contributed by atoms with Crippen LogP contribution < -0.4 is 14.8 Å². The number of carbonyl (C=O) groups is 2. The van der Waals surface area contributed by atoms with Crippen molar-refractivity contribution in [3.05, 3.63) is 23.8 Å². The monoisotopic (exact) mass is 251 g/mol. The number of ether oxygens (including phenoxy) is 2. The lowest BCUT2D eigenvalue weighted by atomic mass is 10.1. The van der Waals surface area contributed by atoms with E-state index in [1.807, 2.05) is 7.05 Å². The zero-order chi connectivity index (χ0) is 13.5. The van der Waals surface area contributed by atoms with Gasteiger partial charge < -0.3 is 14.8 Å². The topological polar surface area (TPSA) is 64.6 Å². The molecule has 5 heteroatoms. The van der Waals surface area contributed by atoms with Crippen LogP contribution in [0.2, 0.25) is 0 Å². The summed E-state index contributed by atoms with van der Waals surface area (Å²) in [4.78, 5) is 21.9. The molecule has 0 bridgehead atoms. The molecule has 0 aromatic heterocycles. The largest absolute Gasteiger partial charge is 0.427 e. The molecule has 0 heterocycles. The normalized spacial score (nSPS) is 9.94. The number of nitrogens with one attached hydrogen (secondary N) is 1. The lowest BCUT2D eigenvalue weighted by Crippen LogP contribution is -2.12. The van der Waals surface area contributed by atoms with Gasteiger partial charge in [0.2, 0.25) is 0 Å². The van der Waals surface area contributed by atoms with Gasteiger partial charge in [-0.15, -0.1) is 0 Å². The molecule has 0 aliphatic heterocycles. The third-order valence-electron chi connectivity index (χ3n) is 2.20. The van der Waals surface area contributed by atoms with E-state index in [0.29, 0.717) is 11.5 Å². The van der Waals surface area contributed by atoms with Gasteiger partial charge in [0.15, 0.2) is 0 Å². The molecule has 5 nitrogen and oxygen atoms in total. The molecule has 18 heavy (non-hydrogen) atoms. The van der Waals surface area contributed by atoms with Gasteiger partial charge in [0, 0.05) is 19.9 Å². The first-order valence-electron chi connectivity index (χ1n) is 5.67. The van der Waals surface area contributed by atoms with Gasteiger partial charge in [-0.05, 0) is 31.6 Å². The molecule has 0 unspecified atom stereocenters. The van der Waals surface area contributed by atoms with Gasteiger partial charge in [-0.2, -0.15) is 0 Å². The Bertz CT molecular complexity index is 443. The summed E-state index contributed by atoms with van der Waals surface area (Å²) in [5, 5.41) is 3.02. The third kappa shape index (κ3) is 4.55. The molecule has 1 aromatic rings. The average Bonchev–Trinajstić information content (AvgIpc) is 2.26. The number of esters is 2. The van der Waals surface area contributed by atoms with Crippen LogP contribution in [-0.4, -0.2) is 25.5 Å². The van der Waals surface area contributed by atoms with Gasteiger partial charge >= 0.3 is 11.9 Å². The van der Waals surface area contributed by atoms with E-state index in [1.165, 1.54) is 13.8 Å². The van der Waals surface area contributed by atoms with Gasteiger partial charge in [-0.3, -0.25) is 9.59 Å². The van der Waals surface area contributed by atoms with Gasteiger partial charge in [0.05, 0.1) is 0 Å². The van der Waals surface area contributed by atoms with Crippen LogP contribution in [0.3, 0.4) is 0 Å². The van der Waals surface area contributed by atoms with Crippen LogP contribution in [-0.2, 0) is 16.0 Å². The maximum atomic E-state index is 11.0. The summed E-state index contributed by atoms with van der Waals surface area (Å²) in [5.41, 5.74) is 0.885. The smallest absolute Gasteiger partial charge is 0.308 e. The van der Waals surface area contributed by atoms with Crippen LogP contribution >= 0.6 is 0 Å². The molecule has 1 N–H and O–H groups in total. The molecule has 0 atom stereocenters. The van der Waals surface area contributed by atoms with Crippen LogP contribution in [0.4, 0.5) is 0 Å². The highest BCUT2D eigenvalue weighted by Crippen LogP contribution is 2.25. The van der Waals surface area contributed by atoms with Gasteiger partial charge in [0.25, 0.3) is 0 Å². The lowest BCUT2D eigenvalue weighted by Gasteiger charge is -2.10. The number of benzene rings is 1. The minimum Gasteiger partial charge on any atom is -0.427 e. The molecular formula is C13H17NO4. The molecular weight excluding hydrogens is 234 g/mol. The predicted molar refractivity (Wildman–Crippen MR) is 66.7 cm³/mol. The van der Waals surface area contributed by atoms with E-state index in [0.717, 1.165) is 18.5 Å². The van der Waals surface area contributed by atoms with Crippen LogP contribution in [0.25, 0.3) is 0 Å². The van der Waals surface area contributed by atoms with Crippen molar-refractivity contribution in [2.75, 3.05) is 13.6 Å². The number of hydrogen-bond acceptors (Lipinski definition) is 5. The number of carbonyl (C=O) groups excluding carboxylic acids is 2. The van der Waals surface area contributed by atoms with Crippen LogP contribution in [0.15, 0.2) is 18.2 Å². The Balaban J connectivity index is 2.95. The summed E-state index contributed by atoms with van der Waals surface area (Å²) >= 11 is 0. The Morgan fingerprint density at radius 1 is 1.17 bits per heavy atom. The van der Waals surface area contributed by atoms with E-state index in [2.05, 4.69) is 5.32 Å². The van der Waals surface area contributed by atoms with Crippen LogP contribution in [0.5, 0.6) is 11.5 Å². The Kier molecular flexibility index (Phi) is 5.32. The summed E-state index contributed by atoms with van der Waals surface area (Å²) in [6.07, 6.45) is 0.722. The van der Waals surface area contributed by atoms with E-state index in [1.54, 1.807) is 18.2 Å². The average molecular weight is 251 g/mol. The molecule has 0 aliphatic carbocycles. The second kappa shape index (κ2) is 6.76. The molecule has 1 aromatic carbocycles. The van der Waals surface area contributed by atoms with Crippen LogP contribution in [0.1, 0.15) is 19.4 Å². The predicted octanol–water partition coefficient (Wildman–Crippen LogP) is 1.30. The summed E-state index contributed by atoms with van der Waals surface area (Å²) in [6.45, 7) is 3.42. The van der Waals surface area contributed by atoms with Crippen molar-refractivity contribution >= 4 is 11.9 Å². The first-order valence-corrected chi connectivity index (χ1v) is 5.67. The van der Waals surface area contributed by atoms with E-state index >= 15 is 0 Å². The first-order chi connectivity index (χ1) is 8.52. The molecule has 0 fully saturated rings. The molecule has 0 radical (unpaired) electrons. The van der Waals surface area contributed by atoms with Crippen molar-refractivity contribution < 1.29 is 19.1 Å². The lowest BCUT2D eigenvalue weighted by molar-refractivity contribution is -0.132. The van der Waals surface area contributed by atoms with E-state index in [4.69, 9.17) is 9.47 Å². The zero-order valence-corrected chi connectivity index (χ0v) is 10.8. The van der Waals surface area contributed by atoms with E-state index in [-0.39, 0.29) is 0 Å². The van der Waals surface area contributed by atoms with Crippen molar-refractivity contribution in [1.82, 2.24) is 5.32 Å². The molecule has 0 saturated heterocycles. The van der Waals surface area contributed by atoms with Crippen molar-refractivity contribution in [3.8, 4) is 11.5 Å². The molecule has 0 aliphatic rings. The minimum atomic E-state index is -0.410. The summed E-state index contributed by atoms with van der Waals surface area (Å²) in [5.74, 6) is -0.0177. The highest BCUT2D eigenvalue weighted by molar-refractivity contribution is 5.71. The van der Waals surface area contributed by atoms with Crippen molar-refractivity contribution in [2.24, 2.45) is 0 Å². The SMILES string of the molecule is CNCCc1ccc(OC(C)=O)cc1OC(C)=O. The number of hydrogen-bond donors (Lipinski definition) is 1. The third-order valence-corrected chi connectivity index (χ3v) is 2.20. The Morgan fingerprint density at radius 3 is 2.39 bits per heavy atom. The second-order valence-corrected chi connectivity index (χ2v) is 3.81. The number of likely N-dealkylation sites (N-methyl/N-ethyl adjacent to an activating group) is 1. The first kappa shape index (κ1) is 14.2. The van der Waals surface area contributed by atoms with Gasteiger partial charge in [0.1, 0.15) is 11.5 Å². The summed E-state index contributed by atoms with van der Waals surface area (Å²) in [6, 6.07) is 5.01. The van der Waals surface area contributed by atoms with E-state index < -0.39 is 11.9 Å². The molecule has 98 valence electrons. The van der Waals surface area contributed by atoms with Gasteiger partial charge in [-0.25, -0.2) is 0 Å². The Labute approximate surface area is 106 Å². The van der Waals surface area contributed by atoms with Crippen molar-refractivity contribution in [1.29, 1.82) is 0 Å². The fourth-order valence-electron chi connectivity index (χ4n) is 1.48. The maximum Gasteiger partial charge on any atom is 0.308 e. The number of rotatable bonds is 5. The molecule has 1 rings (SSSR count). The highest BCUT2D eigenvalue weighted by atomic mass is 16.5.